The third-order valence-electron chi connectivity index (χ3n) is 5.36. The molecule has 9 heteroatoms. The van der Waals surface area contributed by atoms with Gasteiger partial charge in [-0.1, -0.05) is 29.8 Å². The molecule has 1 atom stereocenters. The molecule has 31 heavy (non-hydrogen) atoms. The monoisotopic (exact) mass is 438 g/mol. The van der Waals surface area contributed by atoms with E-state index in [9.17, 15) is 9.00 Å². The molecule has 2 heterocycles. The van der Waals surface area contributed by atoms with Crippen LogP contribution in [0.5, 0.6) is 0 Å². The van der Waals surface area contributed by atoms with Crippen molar-refractivity contribution in [3.8, 4) is 16.8 Å². The Morgan fingerprint density at radius 2 is 1.87 bits per heavy atom. The second-order valence-corrected chi connectivity index (χ2v) is 9.61. The highest BCUT2D eigenvalue weighted by Gasteiger charge is 2.19. The molecule has 1 aliphatic rings. The van der Waals surface area contributed by atoms with Crippen molar-refractivity contribution in [1.82, 2.24) is 30.4 Å². The van der Waals surface area contributed by atoms with Crippen LogP contribution < -0.4 is 5.32 Å². The van der Waals surface area contributed by atoms with Crippen LogP contribution in [0.15, 0.2) is 48.8 Å². The zero-order valence-corrected chi connectivity index (χ0v) is 18.5. The van der Waals surface area contributed by atoms with Crippen LogP contribution >= 0.6 is 0 Å². The van der Waals surface area contributed by atoms with Crippen molar-refractivity contribution in [2.24, 2.45) is 0 Å². The lowest BCUT2D eigenvalue weighted by Gasteiger charge is -2.29. The molecule has 1 saturated heterocycles. The van der Waals surface area contributed by atoms with Gasteiger partial charge >= 0.3 is 0 Å². The third kappa shape index (κ3) is 5.42. The highest BCUT2D eigenvalue weighted by Crippen LogP contribution is 2.24. The Bertz CT molecular complexity index is 1060. The first kappa shape index (κ1) is 21.3. The molecule has 1 aromatic heterocycles. The van der Waals surface area contributed by atoms with Crippen molar-refractivity contribution in [2.45, 2.75) is 19.9 Å². The normalized spacial score (nSPS) is 16.2. The van der Waals surface area contributed by atoms with Gasteiger partial charge in [-0.25, -0.2) is 4.68 Å². The minimum absolute atomic E-state index is 0.0291. The summed E-state index contributed by atoms with van der Waals surface area (Å²) in [7, 11) is -0.704. The van der Waals surface area contributed by atoms with E-state index >= 15 is 0 Å². The lowest BCUT2D eigenvalue weighted by molar-refractivity contribution is 0.0930. The van der Waals surface area contributed by atoms with Gasteiger partial charge in [-0.2, -0.15) is 0 Å². The van der Waals surface area contributed by atoms with Crippen molar-refractivity contribution < 1.29 is 9.00 Å². The Balaban J connectivity index is 1.55. The van der Waals surface area contributed by atoms with Gasteiger partial charge in [0.15, 0.2) is 0 Å². The highest BCUT2D eigenvalue weighted by molar-refractivity contribution is 7.85. The molecule has 4 rings (SSSR count). The summed E-state index contributed by atoms with van der Waals surface area (Å²) in [6.07, 6.45) is 1.51. The Hall–Kier alpha value is -2.91. The van der Waals surface area contributed by atoms with Gasteiger partial charge in [0.2, 0.25) is 0 Å². The van der Waals surface area contributed by atoms with Crippen molar-refractivity contribution in [3.63, 3.8) is 0 Å². The number of carbonyl (C=O) groups is 1. The Morgan fingerprint density at radius 3 is 2.55 bits per heavy atom. The SMILES string of the molecule is Cc1ccc(-c2cc(C(=O)NC(C)CN3CCS(=O)CC3)cc(-n3cnnn3)c2)cc1. The number of hydrogen-bond donors (Lipinski definition) is 1. The van der Waals surface area contributed by atoms with Crippen molar-refractivity contribution >= 4 is 16.7 Å². The van der Waals surface area contributed by atoms with Gasteiger partial charge in [-0.05, 0) is 53.6 Å². The molecule has 1 fully saturated rings. The van der Waals surface area contributed by atoms with Crippen molar-refractivity contribution in [1.29, 1.82) is 0 Å². The number of aromatic nitrogens is 4. The van der Waals surface area contributed by atoms with Crippen LogP contribution in [-0.4, -0.2) is 72.4 Å². The molecule has 0 saturated carbocycles. The van der Waals surface area contributed by atoms with Gasteiger partial charge < -0.3 is 5.32 Å². The first-order valence-corrected chi connectivity index (χ1v) is 11.8. The fraction of sp³-hybridized carbons (Fsp3) is 0.364. The number of hydrogen-bond acceptors (Lipinski definition) is 6. The van der Waals surface area contributed by atoms with E-state index in [0.29, 0.717) is 17.1 Å². The van der Waals surface area contributed by atoms with E-state index in [1.165, 1.54) is 11.9 Å². The topological polar surface area (TPSA) is 93.0 Å². The lowest BCUT2D eigenvalue weighted by Crippen LogP contribution is -2.46. The molecule has 162 valence electrons. The number of amides is 1. The van der Waals surface area contributed by atoms with Crippen molar-refractivity contribution in [3.05, 3.63) is 59.9 Å². The first-order chi connectivity index (χ1) is 15.0. The summed E-state index contributed by atoms with van der Waals surface area (Å²) in [6.45, 7) is 6.38. The molecule has 1 unspecified atom stereocenters. The lowest BCUT2D eigenvalue weighted by atomic mass is 10.0. The molecule has 2 aromatic carbocycles. The molecule has 1 amide bonds. The van der Waals surface area contributed by atoms with Gasteiger partial charge in [0, 0.05) is 53.5 Å². The van der Waals surface area contributed by atoms with Gasteiger partial charge in [0.25, 0.3) is 5.91 Å². The maximum absolute atomic E-state index is 13.1. The van der Waals surface area contributed by atoms with E-state index < -0.39 is 10.8 Å². The number of tetrazole rings is 1. The van der Waals surface area contributed by atoms with Gasteiger partial charge in [0.05, 0.1) is 5.69 Å². The summed E-state index contributed by atoms with van der Waals surface area (Å²) in [5, 5.41) is 14.5. The highest BCUT2D eigenvalue weighted by atomic mass is 32.2. The Kier molecular flexibility index (Phi) is 6.53. The van der Waals surface area contributed by atoms with Crippen molar-refractivity contribution in [2.75, 3.05) is 31.1 Å². The summed E-state index contributed by atoms with van der Waals surface area (Å²) < 4.78 is 13.1. The summed E-state index contributed by atoms with van der Waals surface area (Å²) in [4.78, 5) is 15.3. The number of nitrogens with one attached hydrogen (secondary N) is 1. The fourth-order valence-electron chi connectivity index (χ4n) is 3.67. The standard InChI is InChI=1S/C22H26N6O2S/c1-16-3-5-18(6-4-16)19-11-20(13-21(12-19)28-15-23-25-26-28)22(29)24-17(2)14-27-7-9-31(30)10-8-27/h3-6,11-13,15,17H,7-10,14H2,1-2H3,(H,24,29). The predicted octanol–water partition coefficient (Wildman–Crippen LogP) is 1.82. The van der Waals surface area contributed by atoms with Crippen LogP contribution in [0.25, 0.3) is 16.8 Å². The van der Waals surface area contributed by atoms with E-state index in [-0.39, 0.29) is 11.9 Å². The molecule has 0 spiro atoms. The first-order valence-electron chi connectivity index (χ1n) is 10.3. The van der Waals surface area contributed by atoms with E-state index in [1.807, 2.05) is 50.2 Å². The van der Waals surface area contributed by atoms with Crippen LogP contribution in [0.4, 0.5) is 0 Å². The number of carbonyl (C=O) groups excluding carboxylic acids is 1. The second kappa shape index (κ2) is 9.49. The molecular weight excluding hydrogens is 412 g/mol. The zero-order chi connectivity index (χ0) is 21.8. The van der Waals surface area contributed by atoms with Crippen LogP contribution in [0.3, 0.4) is 0 Å². The zero-order valence-electron chi connectivity index (χ0n) is 17.7. The Labute approximate surface area is 184 Å². The quantitative estimate of drug-likeness (QED) is 0.631. The smallest absolute Gasteiger partial charge is 0.251 e. The minimum Gasteiger partial charge on any atom is -0.348 e. The fourth-order valence-corrected chi connectivity index (χ4v) is 4.79. The van der Waals surface area contributed by atoms with Crippen LogP contribution in [0.2, 0.25) is 0 Å². The summed E-state index contributed by atoms with van der Waals surface area (Å²) in [6, 6.07) is 13.8. The summed E-state index contributed by atoms with van der Waals surface area (Å²) >= 11 is 0. The largest absolute Gasteiger partial charge is 0.348 e. The molecule has 3 aromatic rings. The average Bonchev–Trinajstić information content (AvgIpc) is 3.30. The molecular formula is C22H26N6O2S. The molecule has 8 nitrogen and oxygen atoms in total. The number of benzene rings is 2. The number of aryl methyl sites for hydroxylation is 1. The number of nitrogens with zero attached hydrogens (tertiary/aromatic N) is 5. The molecule has 0 bridgehead atoms. The molecule has 0 aliphatic carbocycles. The van der Waals surface area contributed by atoms with E-state index in [4.69, 9.17) is 0 Å². The van der Waals surface area contributed by atoms with E-state index in [1.54, 1.807) is 10.7 Å². The van der Waals surface area contributed by atoms with Crippen LogP contribution in [0, 0.1) is 6.92 Å². The maximum Gasteiger partial charge on any atom is 0.251 e. The van der Waals surface area contributed by atoms with E-state index in [2.05, 4.69) is 25.7 Å². The molecule has 0 radical (unpaired) electrons. The summed E-state index contributed by atoms with van der Waals surface area (Å²) in [5.74, 6) is 1.26. The van der Waals surface area contributed by atoms with Crippen LogP contribution in [0.1, 0.15) is 22.8 Å². The third-order valence-corrected chi connectivity index (χ3v) is 6.63. The summed E-state index contributed by atoms with van der Waals surface area (Å²) in [5.41, 5.74) is 4.39. The second-order valence-electron chi connectivity index (χ2n) is 7.91. The average molecular weight is 439 g/mol. The molecule has 1 aliphatic heterocycles. The predicted molar refractivity (Wildman–Crippen MR) is 121 cm³/mol. The Morgan fingerprint density at radius 1 is 1.13 bits per heavy atom. The van der Waals surface area contributed by atoms with Gasteiger partial charge in [-0.3, -0.25) is 13.9 Å². The number of rotatable bonds is 6. The van der Waals surface area contributed by atoms with E-state index in [0.717, 1.165) is 36.4 Å². The molecule has 1 N–H and O–H groups in total. The maximum atomic E-state index is 13.1. The van der Waals surface area contributed by atoms with Gasteiger partial charge in [-0.15, -0.1) is 5.10 Å². The van der Waals surface area contributed by atoms with Crippen LogP contribution in [-0.2, 0) is 10.8 Å². The van der Waals surface area contributed by atoms with Gasteiger partial charge in [0.1, 0.15) is 6.33 Å². The minimum atomic E-state index is -0.704.